The minimum atomic E-state index is -0.197. The summed E-state index contributed by atoms with van der Waals surface area (Å²) in [6, 6.07) is 15.1. The van der Waals surface area contributed by atoms with E-state index in [4.69, 9.17) is 0 Å². The highest BCUT2D eigenvalue weighted by Crippen LogP contribution is 2.13. The summed E-state index contributed by atoms with van der Waals surface area (Å²) in [5.74, 6) is -0.323. The standard InChI is InChI=1S/C19H20N2O2/c1-3-15-4-6-16(7-5-15)8-13-19(23)21-18-11-9-17(10-12-18)20-14(2)22/h4-13H,3H2,1-2H3,(H,20,22)(H,21,23)/b13-8+. The number of amides is 2. The molecule has 2 N–H and O–H groups in total. The van der Waals surface area contributed by atoms with E-state index in [0.29, 0.717) is 11.4 Å². The number of aryl methyl sites for hydroxylation is 1. The van der Waals surface area contributed by atoms with Gasteiger partial charge >= 0.3 is 0 Å². The Morgan fingerprint density at radius 1 is 0.913 bits per heavy atom. The minimum absolute atomic E-state index is 0.126. The second-order valence-electron chi connectivity index (χ2n) is 5.18. The Morgan fingerprint density at radius 2 is 1.48 bits per heavy atom. The number of anilines is 2. The zero-order valence-corrected chi connectivity index (χ0v) is 13.3. The molecule has 0 aliphatic heterocycles. The molecule has 0 unspecified atom stereocenters. The average molecular weight is 308 g/mol. The number of hydrogen-bond donors (Lipinski definition) is 2. The van der Waals surface area contributed by atoms with Gasteiger partial charge in [0.05, 0.1) is 0 Å². The Morgan fingerprint density at radius 3 is 2.00 bits per heavy atom. The molecule has 0 aliphatic carbocycles. The molecule has 2 aromatic carbocycles. The van der Waals surface area contributed by atoms with Crippen LogP contribution < -0.4 is 10.6 Å². The maximum Gasteiger partial charge on any atom is 0.248 e. The number of benzene rings is 2. The van der Waals surface area contributed by atoms with Crippen molar-refractivity contribution in [1.82, 2.24) is 0 Å². The Bertz CT molecular complexity index is 701. The van der Waals surface area contributed by atoms with Crippen LogP contribution >= 0.6 is 0 Å². The van der Waals surface area contributed by atoms with Gasteiger partial charge in [-0.3, -0.25) is 9.59 Å². The highest BCUT2D eigenvalue weighted by molar-refractivity contribution is 6.02. The maximum absolute atomic E-state index is 11.9. The Hall–Kier alpha value is -2.88. The van der Waals surface area contributed by atoms with E-state index in [1.807, 2.05) is 12.1 Å². The van der Waals surface area contributed by atoms with Gasteiger partial charge < -0.3 is 10.6 Å². The van der Waals surface area contributed by atoms with E-state index in [1.165, 1.54) is 18.6 Å². The summed E-state index contributed by atoms with van der Waals surface area (Å²) in [7, 11) is 0. The third-order valence-electron chi connectivity index (χ3n) is 3.29. The van der Waals surface area contributed by atoms with Crippen molar-refractivity contribution in [2.75, 3.05) is 10.6 Å². The van der Waals surface area contributed by atoms with Crippen LogP contribution in [0.1, 0.15) is 25.0 Å². The van der Waals surface area contributed by atoms with Crippen molar-refractivity contribution in [2.24, 2.45) is 0 Å². The molecule has 4 nitrogen and oxygen atoms in total. The third-order valence-corrected chi connectivity index (χ3v) is 3.29. The second kappa shape index (κ2) is 7.94. The molecule has 2 amide bonds. The van der Waals surface area contributed by atoms with Crippen LogP contribution in [0.15, 0.2) is 54.6 Å². The fourth-order valence-corrected chi connectivity index (χ4v) is 2.06. The summed E-state index contributed by atoms with van der Waals surface area (Å²) in [5.41, 5.74) is 3.63. The molecule has 0 aliphatic rings. The molecular weight excluding hydrogens is 288 g/mol. The first-order chi connectivity index (χ1) is 11.1. The first kappa shape index (κ1) is 16.5. The Kier molecular flexibility index (Phi) is 5.69. The van der Waals surface area contributed by atoms with Gasteiger partial charge in [-0.25, -0.2) is 0 Å². The third kappa shape index (κ3) is 5.43. The molecule has 0 saturated carbocycles. The topological polar surface area (TPSA) is 58.2 Å². The number of hydrogen-bond acceptors (Lipinski definition) is 2. The highest BCUT2D eigenvalue weighted by Gasteiger charge is 1.99. The first-order valence-electron chi connectivity index (χ1n) is 7.52. The van der Waals surface area contributed by atoms with Gasteiger partial charge in [0.1, 0.15) is 0 Å². The molecule has 2 aromatic rings. The molecule has 0 bridgehead atoms. The zero-order valence-electron chi connectivity index (χ0n) is 13.3. The SMILES string of the molecule is CCc1ccc(/C=C/C(=O)Nc2ccc(NC(C)=O)cc2)cc1. The molecule has 2 rings (SSSR count). The van der Waals surface area contributed by atoms with Crippen molar-refractivity contribution < 1.29 is 9.59 Å². The zero-order chi connectivity index (χ0) is 16.7. The minimum Gasteiger partial charge on any atom is -0.326 e. The molecule has 0 fully saturated rings. The van der Waals surface area contributed by atoms with Gasteiger partial charge in [0.25, 0.3) is 0 Å². The van der Waals surface area contributed by atoms with E-state index in [-0.39, 0.29) is 11.8 Å². The summed E-state index contributed by atoms with van der Waals surface area (Å²) < 4.78 is 0. The van der Waals surface area contributed by atoms with Crippen LogP contribution in [0.4, 0.5) is 11.4 Å². The monoisotopic (exact) mass is 308 g/mol. The molecular formula is C19H20N2O2. The van der Waals surface area contributed by atoms with Crippen LogP contribution in [0.25, 0.3) is 6.08 Å². The van der Waals surface area contributed by atoms with Crippen LogP contribution in [0.2, 0.25) is 0 Å². The molecule has 0 saturated heterocycles. The lowest BCUT2D eigenvalue weighted by Crippen LogP contribution is -2.08. The van der Waals surface area contributed by atoms with E-state index in [1.54, 1.807) is 30.3 Å². The van der Waals surface area contributed by atoms with Gasteiger partial charge in [-0.2, -0.15) is 0 Å². The first-order valence-corrected chi connectivity index (χ1v) is 7.52. The molecule has 23 heavy (non-hydrogen) atoms. The Balaban J connectivity index is 1.93. The molecule has 4 heteroatoms. The maximum atomic E-state index is 11.9. The van der Waals surface area contributed by atoms with Crippen molar-refractivity contribution in [3.63, 3.8) is 0 Å². The molecule has 0 radical (unpaired) electrons. The van der Waals surface area contributed by atoms with Crippen LogP contribution in [0, 0.1) is 0 Å². The van der Waals surface area contributed by atoms with E-state index < -0.39 is 0 Å². The average Bonchev–Trinajstić information content (AvgIpc) is 2.55. The number of carbonyl (C=O) groups excluding carboxylic acids is 2. The van der Waals surface area contributed by atoms with Gasteiger partial charge in [-0.1, -0.05) is 31.2 Å². The highest BCUT2D eigenvalue weighted by atomic mass is 16.2. The number of rotatable bonds is 5. The lowest BCUT2D eigenvalue weighted by atomic mass is 10.1. The van der Waals surface area contributed by atoms with Gasteiger partial charge in [0.15, 0.2) is 0 Å². The second-order valence-corrected chi connectivity index (χ2v) is 5.18. The molecule has 118 valence electrons. The summed E-state index contributed by atoms with van der Waals surface area (Å²) >= 11 is 0. The normalized spacial score (nSPS) is 10.5. The fourth-order valence-electron chi connectivity index (χ4n) is 2.06. The van der Waals surface area contributed by atoms with Crippen LogP contribution in [0.5, 0.6) is 0 Å². The lowest BCUT2D eigenvalue weighted by Gasteiger charge is -2.05. The van der Waals surface area contributed by atoms with Crippen LogP contribution in [-0.2, 0) is 16.0 Å². The molecule has 0 spiro atoms. The van der Waals surface area contributed by atoms with E-state index in [9.17, 15) is 9.59 Å². The molecule has 0 aromatic heterocycles. The number of carbonyl (C=O) groups is 2. The quantitative estimate of drug-likeness (QED) is 0.824. The summed E-state index contributed by atoms with van der Waals surface area (Å²) in [6.07, 6.45) is 4.28. The van der Waals surface area contributed by atoms with Crippen molar-refractivity contribution in [1.29, 1.82) is 0 Å². The summed E-state index contributed by atoms with van der Waals surface area (Å²) in [4.78, 5) is 22.8. The van der Waals surface area contributed by atoms with Gasteiger partial charge in [0, 0.05) is 24.4 Å². The molecule has 0 atom stereocenters. The van der Waals surface area contributed by atoms with Gasteiger partial charge in [-0.05, 0) is 47.9 Å². The van der Waals surface area contributed by atoms with Gasteiger partial charge in [0.2, 0.25) is 11.8 Å². The van der Waals surface area contributed by atoms with Crippen LogP contribution in [0.3, 0.4) is 0 Å². The van der Waals surface area contributed by atoms with E-state index >= 15 is 0 Å². The van der Waals surface area contributed by atoms with Crippen molar-refractivity contribution in [3.05, 3.63) is 65.7 Å². The predicted octanol–water partition coefficient (Wildman–Crippen LogP) is 3.86. The van der Waals surface area contributed by atoms with E-state index in [2.05, 4.69) is 29.7 Å². The van der Waals surface area contributed by atoms with Crippen molar-refractivity contribution in [3.8, 4) is 0 Å². The predicted molar refractivity (Wildman–Crippen MR) is 94.2 cm³/mol. The lowest BCUT2D eigenvalue weighted by molar-refractivity contribution is -0.114. The van der Waals surface area contributed by atoms with Crippen molar-refractivity contribution >= 4 is 29.3 Å². The summed E-state index contributed by atoms with van der Waals surface area (Å²) in [5, 5.41) is 5.45. The van der Waals surface area contributed by atoms with E-state index in [0.717, 1.165) is 12.0 Å². The Labute approximate surface area is 136 Å². The summed E-state index contributed by atoms with van der Waals surface area (Å²) in [6.45, 7) is 3.56. The molecule has 0 heterocycles. The smallest absolute Gasteiger partial charge is 0.248 e. The number of nitrogens with one attached hydrogen (secondary N) is 2. The van der Waals surface area contributed by atoms with Gasteiger partial charge in [-0.15, -0.1) is 0 Å². The van der Waals surface area contributed by atoms with Crippen molar-refractivity contribution in [2.45, 2.75) is 20.3 Å². The fraction of sp³-hybridized carbons (Fsp3) is 0.158. The largest absolute Gasteiger partial charge is 0.326 e. The van der Waals surface area contributed by atoms with Crippen LogP contribution in [-0.4, -0.2) is 11.8 Å².